The molecule has 2 aromatic heterocycles. The summed E-state index contributed by atoms with van der Waals surface area (Å²) in [6.07, 6.45) is 3.34. The van der Waals surface area contributed by atoms with Crippen molar-refractivity contribution in [3.63, 3.8) is 0 Å². The second-order valence-electron chi connectivity index (χ2n) is 7.42. The number of halogens is 1. The van der Waals surface area contributed by atoms with Gasteiger partial charge in [0, 0.05) is 22.9 Å². The third-order valence-electron chi connectivity index (χ3n) is 5.45. The Morgan fingerprint density at radius 2 is 2.18 bits per heavy atom. The Kier molecular flexibility index (Phi) is 3.56. The number of carbonyl (C=O) groups is 2. The minimum absolute atomic E-state index is 0.128. The van der Waals surface area contributed by atoms with Crippen LogP contribution in [0.25, 0.3) is 11.0 Å². The Morgan fingerprint density at radius 3 is 2.96 bits per heavy atom. The van der Waals surface area contributed by atoms with Crippen molar-refractivity contribution >= 4 is 42.0 Å². The van der Waals surface area contributed by atoms with Crippen LogP contribution in [0, 0.1) is 5.82 Å². The summed E-state index contributed by atoms with van der Waals surface area (Å²) < 4.78 is 14.2. The number of hydrogen-bond acceptors (Lipinski definition) is 4. The first kappa shape index (κ1) is 16.9. The normalized spacial score (nSPS) is 17.0. The average molecular weight is 375 g/mol. The topological polar surface area (TPSA) is 91.0 Å². The molecule has 5 rings (SSSR count). The van der Waals surface area contributed by atoms with E-state index < -0.39 is 11.7 Å². The van der Waals surface area contributed by atoms with E-state index in [0.29, 0.717) is 28.6 Å². The predicted molar refractivity (Wildman–Crippen MR) is 101 cm³/mol. The number of anilines is 1. The quantitative estimate of drug-likeness (QED) is 0.669. The van der Waals surface area contributed by atoms with Crippen LogP contribution in [-0.2, 0) is 10.2 Å². The minimum atomic E-state index is -0.660. The zero-order chi connectivity index (χ0) is 19.5. The van der Waals surface area contributed by atoms with E-state index >= 15 is 0 Å². The van der Waals surface area contributed by atoms with E-state index in [2.05, 4.69) is 20.5 Å². The van der Waals surface area contributed by atoms with Crippen LogP contribution in [0.4, 0.5) is 10.2 Å². The number of H-pyrrole nitrogens is 1. The molecule has 2 N–H and O–H groups in total. The van der Waals surface area contributed by atoms with Gasteiger partial charge in [-0.05, 0) is 30.5 Å². The van der Waals surface area contributed by atoms with Gasteiger partial charge in [0.1, 0.15) is 14.4 Å². The molecule has 7 nitrogen and oxygen atoms in total. The molecule has 1 spiro atoms. The van der Waals surface area contributed by atoms with Gasteiger partial charge in [0.15, 0.2) is 17.3 Å². The highest BCUT2D eigenvalue weighted by atomic mass is 19.1. The number of amides is 2. The summed E-state index contributed by atoms with van der Waals surface area (Å²) in [6.45, 7) is 0.276. The highest BCUT2D eigenvalue weighted by molar-refractivity contribution is 6.32. The first-order chi connectivity index (χ1) is 13.4. The Morgan fingerprint density at radius 1 is 1.36 bits per heavy atom. The second kappa shape index (κ2) is 5.89. The summed E-state index contributed by atoms with van der Waals surface area (Å²) >= 11 is 0. The Labute approximate surface area is 160 Å². The van der Waals surface area contributed by atoms with Crippen LogP contribution in [0.15, 0.2) is 30.5 Å². The van der Waals surface area contributed by atoms with E-state index in [0.717, 1.165) is 18.4 Å². The van der Waals surface area contributed by atoms with Gasteiger partial charge in [0.2, 0.25) is 5.91 Å². The SMILES string of the molecule is [B]c1ccc2c(c1)C1(CC1)CN(CC(=O)Nc1nc3[nH]ncc3cc1F)C2=O. The lowest BCUT2D eigenvalue weighted by Gasteiger charge is -2.34. The zero-order valence-electron chi connectivity index (χ0n) is 14.8. The van der Waals surface area contributed by atoms with E-state index in [1.54, 1.807) is 12.1 Å². The maximum atomic E-state index is 14.2. The minimum Gasteiger partial charge on any atom is -0.328 e. The molecule has 0 bridgehead atoms. The van der Waals surface area contributed by atoms with E-state index in [9.17, 15) is 14.0 Å². The van der Waals surface area contributed by atoms with Crippen molar-refractivity contribution in [3.8, 4) is 0 Å². The molecule has 2 radical (unpaired) electrons. The fourth-order valence-electron chi connectivity index (χ4n) is 3.87. The summed E-state index contributed by atoms with van der Waals surface area (Å²) in [5.41, 5.74) is 2.41. The van der Waals surface area contributed by atoms with Gasteiger partial charge in [0.25, 0.3) is 5.91 Å². The molecule has 1 fully saturated rings. The molecule has 2 aliphatic rings. The molecule has 1 saturated carbocycles. The number of benzene rings is 1. The number of fused-ring (bicyclic) bond motifs is 3. The Hall–Kier alpha value is -3.23. The lowest BCUT2D eigenvalue weighted by Crippen LogP contribution is -2.47. The number of rotatable bonds is 3. The molecular weight excluding hydrogens is 360 g/mol. The Balaban J connectivity index is 1.37. The van der Waals surface area contributed by atoms with Gasteiger partial charge < -0.3 is 10.2 Å². The smallest absolute Gasteiger partial charge is 0.254 e. The number of aromatic amines is 1. The van der Waals surface area contributed by atoms with Crippen LogP contribution in [0.5, 0.6) is 0 Å². The molecule has 0 unspecified atom stereocenters. The molecule has 3 heterocycles. The van der Waals surface area contributed by atoms with Gasteiger partial charge in [-0.2, -0.15) is 5.10 Å². The average Bonchev–Trinajstić information content (AvgIpc) is 3.29. The summed E-state index contributed by atoms with van der Waals surface area (Å²) in [4.78, 5) is 30.9. The van der Waals surface area contributed by atoms with E-state index in [1.807, 2.05) is 6.07 Å². The molecule has 0 atom stereocenters. The fraction of sp³-hybridized carbons (Fsp3) is 0.263. The molecule has 1 aliphatic heterocycles. The van der Waals surface area contributed by atoms with E-state index in [1.165, 1.54) is 17.2 Å². The number of nitrogens with one attached hydrogen (secondary N) is 2. The number of aromatic nitrogens is 3. The predicted octanol–water partition coefficient (Wildman–Crippen LogP) is 1.02. The number of hydrogen-bond donors (Lipinski definition) is 2. The number of carbonyl (C=O) groups excluding carboxylic acids is 2. The van der Waals surface area contributed by atoms with Gasteiger partial charge >= 0.3 is 0 Å². The van der Waals surface area contributed by atoms with E-state index in [4.69, 9.17) is 7.85 Å². The molecule has 3 aromatic rings. The summed E-state index contributed by atoms with van der Waals surface area (Å²) in [5.74, 6) is -1.58. The zero-order valence-corrected chi connectivity index (χ0v) is 14.8. The molecule has 9 heteroatoms. The van der Waals surface area contributed by atoms with Crippen molar-refractivity contribution < 1.29 is 14.0 Å². The highest BCUT2D eigenvalue weighted by Crippen LogP contribution is 2.52. The standard InChI is InChI=1S/C19H15BFN5O2/c20-11-1-2-12-13(6-11)19(3-4-19)9-26(18(12)28)8-15(27)23-17-14(21)5-10-7-22-25-16(10)24-17/h1-2,5-7H,3-4,8-9H2,(H2,22,23,24,25,27). The highest BCUT2D eigenvalue weighted by Gasteiger charge is 2.51. The Bertz CT molecular complexity index is 1140. The third-order valence-corrected chi connectivity index (χ3v) is 5.45. The van der Waals surface area contributed by atoms with Crippen molar-refractivity contribution in [2.45, 2.75) is 18.3 Å². The van der Waals surface area contributed by atoms with Gasteiger partial charge in [-0.3, -0.25) is 14.7 Å². The summed E-state index contributed by atoms with van der Waals surface area (Å²) in [6, 6.07) is 6.50. The van der Waals surface area contributed by atoms with Gasteiger partial charge in [-0.15, -0.1) is 0 Å². The lowest BCUT2D eigenvalue weighted by molar-refractivity contribution is -0.117. The maximum Gasteiger partial charge on any atom is 0.254 e. The van der Waals surface area contributed by atoms with Gasteiger partial charge in [-0.25, -0.2) is 9.37 Å². The van der Waals surface area contributed by atoms with Crippen molar-refractivity contribution in [1.82, 2.24) is 20.1 Å². The van der Waals surface area contributed by atoms with E-state index in [-0.39, 0.29) is 23.7 Å². The lowest BCUT2D eigenvalue weighted by atomic mass is 9.82. The van der Waals surface area contributed by atoms with Crippen LogP contribution in [0.2, 0.25) is 0 Å². The van der Waals surface area contributed by atoms with Crippen molar-refractivity contribution in [2.24, 2.45) is 0 Å². The van der Waals surface area contributed by atoms with Crippen molar-refractivity contribution in [2.75, 3.05) is 18.4 Å². The largest absolute Gasteiger partial charge is 0.328 e. The second-order valence-corrected chi connectivity index (χ2v) is 7.42. The van der Waals surface area contributed by atoms with Crippen LogP contribution >= 0.6 is 0 Å². The molecular formula is C19H15BFN5O2. The van der Waals surface area contributed by atoms with Crippen LogP contribution in [0.3, 0.4) is 0 Å². The molecule has 2 amide bonds. The van der Waals surface area contributed by atoms with Crippen molar-refractivity contribution in [1.29, 1.82) is 0 Å². The van der Waals surface area contributed by atoms with Gasteiger partial charge in [-0.1, -0.05) is 17.6 Å². The van der Waals surface area contributed by atoms with Crippen LogP contribution in [0.1, 0.15) is 28.8 Å². The first-order valence-corrected chi connectivity index (χ1v) is 8.94. The molecule has 138 valence electrons. The summed E-state index contributed by atoms with van der Waals surface area (Å²) in [5, 5.41) is 9.38. The van der Waals surface area contributed by atoms with Crippen LogP contribution < -0.4 is 10.8 Å². The monoisotopic (exact) mass is 375 g/mol. The fourth-order valence-corrected chi connectivity index (χ4v) is 3.87. The molecule has 1 aromatic carbocycles. The molecule has 1 aliphatic carbocycles. The molecule has 28 heavy (non-hydrogen) atoms. The summed E-state index contributed by atoms with van der Waals surface area (Å²) in [7, 11) is 5.88. The van der Waals surface area contributed by atoms with Crippen molar-refractivity contribution in [3.05, 3.63) is 47.4 Å². The van der Waals surface area contributed by atoms with Gasteiger partial charge in [0.05, 0.1) is 6.20 Å². The third kappa shape index (κ3) is 2.66. The first-order valence-electron chi connectivity index (χ1n) is 8.94. The maximum absolute atomic E-state index is 14.2. The number of pyridine rings is 1. The number of nitrogens with zero attached hydrogens (tertiary/aromatic N) is 3. The molecule has 0 saturated heterocycles. The van der Waals surface area contributed by atoms with Crippen LogP contribution in [-0.4, -0.2) is 52.8 Å².